The molecule has 0 aliphatic carbocycles. The molecule has 1 aliphatic heterocycles. The lowest BCUT2D eigenvalue weighted by molar-refractivity contribution is -0.158. The van der Waals surface area contributed by atoms with Crippen molar-refractivity contribution >= 4 is 35.1 Å². The van der Waals surface area contributed by atoms with Gasteiger partial charge in [-0.2, -0.15) is 0 Å². The third-order valence-corrected chi connectivity index (χ3v) is 4.39. The summed E-state index contributed by atoms with van der Waals surface area (Å²) in [6, 6.07) is 4.66. The average molecular weight is 346 g/mol. The Hall–Kier alpha value is -1.30. The molecule has 0 atom stereocenters. The number of hydrogen-bond acceptors (Lipinski definition) is 4. The molecule has 1 amide bonds. The molecule has 1 heterocycles. The maximum absolute atomic E-state index is 12.3. The highest BCUT2D eigenvalue weighted by Gasteiger charge is 2.41. The molecule has 1 aliphatic rings. The molecule has 2 rings (SSSR count). The number of rotatable bonds is 4. The molecule has 0 bridgehead atoms. The van der Waals surface area contributed by atoms with Gasteiger partial charge in [0.05, 0.1) is 23.1 Å². The smallest absolute Gasteiger partial charge is 0.313 e. The SMILES string of the molecule is COC(=O)C1(CNC(=O)c2cc(Cl)ccc2Cl)CCOCC1. The fourth-order valence-electron chi connectivity index (χ4n) is 2.45. The molecule has 7 heteroatoms. The van der Waals surface area contributed by atoms with Crippen LogP contribution in [0.4, 0.5) is 0 Å². The topological polar surface area (TPSA) is 64.6 Å². The van der Waals surface area contributed by atoms with Crippen molar-refractivity contribution in [1.82, 2.24) is 5.32 Å². The quantitative estimate of drug-likeness (QED) is 0.852. The van der Waals surface area contributed by atoms with Crippen LogP contribution in [0.1, 0.15) is 23.2 Å². The van der Waals surface area contributed by atoms with Crippen LogP contribution in [-0.2, 0) is 14.3 Å². The molecule has 1 saturated heterocycles. The number of esters is 1. The van der Waals surface area contributed by atoms with E-state index >= 15 is 0 Å². The second kappa shape index (κ2) is 7.31. The van der Waals surface area contributed by atoms with E-state index < -0.39 is 5.41 Å². The lowest BCUT2D eigenvalue weighted by Crippen LogP contribution is -2.47. The first-order valence-corrected chi connectivity index (χ1v) is 7.63. The van der Waals surface area contributed by atoms with E-state index in [-0.39, 0.29) is 24.0 Å². The van der Waals surface area contributed by atoms with Crippen LogP contribution in [0.5, 0.6) is 0 Å². The van der Waals surface area contributed by atoms with Crippen molar-refractivity contribution in [3.63, 3.8) is 0 Å². The van der Waals surface area contributed by atoms with Crippen molar-refractivity contribution in [3.05, 3.63) is 33.8 Å². The minimum atomic E-state index is -0.756. The largest absolute Gasteiger partial charge is 0.469 e. The Bertz CT molecular complexity index is 571. The number of carbonyl (C=O) groups is 2. The van der Waals surface area contributed by atoms with Gasteiger partial charge in [0.15, 0.2) is 0 Å². The number of ether oxygens (including phenoxy) is 2. The predicted octanol–water partition coefficient (Wildman–Crippen LogP) is 2.69. The minimum Gasteiger partial charge on any atom is -0.469 e. The van der Waals surface area contributed by atoms with Crippen LogP contribution in [-0.4, -0.2) is 38.7 Å². The van der Waals surface area contributed by atoms with Gasteiger partial charge in [-0.1, -0.05) is 23.2 Å². The van der Waals surface area contributed by atoms with Gasteiger partial charge in [-0.3, -0.25) is 9.59 Å². The van der Waals surface area contributed by atoms with Crippen LogP contribution in [0.15, 0.2) is 18.2 Å². The molecule has 1 aromatic rings. The molecule has 1 N–H and O–H groups in total. The Morgan fingerprint density at radius 3 is 2.64 bits per heavy atom. The molecule has 22 heavy (non-hydrogen) atoms. The number of hydrogen-bond donors (Lipinski definition) is 1. The lowest BCUT2D eigenvalue weighted by atomic mass is 9.80. The van der Waals surface area contributed by atoms with E-state index in [1.807, 2.05) is 0 Å². The number of benzene rings is 1. The van der Waals surface area contributed by atoms with Crippen molar-refractivity contribution in [1.29, 1.82) is 0 Å². The third kappa shape index (κ3) is 3.72. The van der Waals surface area contributed by atoms with Gasteiger partial charge in [0, 0.05) is 24.8 Å². The highest BCUT2D eigenvalue weighted by Crippen LogP contribution is 2.31. The maximum atomic E-state index is 12.3. The molecule has 0 saturated carbocycles. The fraction of sp³-hybridized carbons (Fsp3) is 0.467. The molecule has 0 unspecified atom stereocenters. The average Bonchev–Trinajstić information content (AvgIpc) is 2.55. The van der Waals surface area contributed by atoms with E-state index in [2.05, 4.69) is 5.32 Å². The van der Waals surface area contributed by atoms with Crippen molar-refractivity contribution in [3.8, 4) is 0 Å². The molecule has 5 nitrogen and oxygen atoms in total. The van der Waals surface area contributed by atoms with E-state index in [1.54, 1.807) is 12.1 Å². The highest BCUT2D eigenvalue weighted by molar-refractivity contribution is 6.35. The van der Waals surface area contributed by atoms with E-state index in [0.717, 1.165) is 0 Å². The predicted molar refractivity (Wildman–Crippen MR) is 83.3 cm³/mol. The van der Waals surface area contributed by atoms with Gasteiger partial charge in [0.1, 0.15) is 0 Å². The Balaban J connectivity index is 2.10. The van der Waals surface area contributed by atoms with Crippen LogP contribution in [0, 0.1) is 5.41 Å². The van der Waals surface area contributed by atoms with E-state index in [0.29, 0.717) is 36.1 Å². The van der Waals surface area contributed by atoms with Crippen LogP contribution < -0.4 is 5.32 Å². The van der Waals surface area contributed by atoms with Gasteiger partial charge in [-0.25, -0.2) is 0 Å². The van der Waals surface area contributed by atoms with Crippen molar-refractivity contribution in [2.45, 2.75) is 12.8 Å². The summed E-state index contributed by atoms with van der Waals surface area (Å²) in [5.41, 5.74) is -0.477. The van der Waals surface area contributed by atoms with E-state index in [4.69, 9.17) is 32.7 Å². The number of carbonyl (C=O) groups excluding carboxylic acids is 2. The summed E-state index contributed by atoms with van der Waals surface area (Å²) < 4.78 is 10.2. The first kappa shape index (κ1) is 17.1. The van der Waals surface area contributed by atoms with Crippen LogP contribution in [0.25, 0.3) is 0 Å². The molecule has 1 aromatic carbocycles. The zero-order chi connectivity index (χ0) is 16.2. The summed E-state index contributed by atoms with van der Waals surface area (Å²) in [5.74, 6) is -0.712. The third-order valence-electron chi connectivity index (χ3n) is 3.83. The van der Waals surface area contributed by atoms with Crippen LogP contribution in [0.3, 0.4) is 0 Å². The lowest BCUT2D eigenvalue weighted by Gasteiger charge is -2.34. The first-order valence-electron chi connectivity index (χ1n) is 6.88. The number of halogens is 2. The Labute approximate surface area is 138 Å². The fourth-order valence-corrected chi connectivity index (χ4v) is 2.82. The van der Waals surface area contributed by atoms with Crippen molar-refractivity contribution < 1.29 is 19.1 Å². The monoisotopic (exact) mass is 345 g/mol. The second-order valence-corrected chi connectivity index (χ2v) is 6.03. The summed E-state index contributed by atoms with van der Waals surface area (Å²) >= 11 is 11.9. The summed E-state index contributed by atoms with van der Waals surface area (Å²) in [7, 11) is 1.34. The normalized spacial score (nSPS) is 16.9. The van der Waals surface area contributed by atoms with E-state index in [1.165, 1.54) is 13.2 Å². The Kier molecular flexibility index (Phi) is 5.67. The second-order valence-electron chi connectivity index (χ2n) is 5.19. The molecular weight excluding hydrogens is 329 g/mol. The molecule has 0 spiro atoms. The summed E-state index contributed by atoms with van der Waals surface area (Å²) in [6.07, 6.45) is 1.01. The number of methoxy groups -OCH3 is 1. The van der Waals surface area contributed by atoms with Crippen molar-refractivity contribution in [2.24, 2.45) is 5.41 Å². The maximum Gasteiger partial charge on any atom is 0.313 e. The highest BCUT2D eigenvalue weighted by atomic mass is 35.5. The minimum absolute atomic E-state index is 0.171. The number of amides is 1. The van der Waals surface area contributed by atoms with Gasteiger partial charge in [-0.05, 0) is 31.0 Å². The zero-order valence-corrected chi connectivity index (χ0v) is 13.7. The van der Waals surface area contributed by atoms with Crippen LogP contribution >= 0.6 is 23.2 Å². The number of nitrogens with one attached hydrogen (secondary N) is 1. The summed E-state index contributed by atoms with van der Waals surface area (Å²) in [4.78, 5) is 24.4. The standard InChI is InChI=1S/C15H17Cl2NO4/c1-21-14(20)15(4-6-22-7-5-15)9-18-13(19)11-8-10(16)2-3-12(11)17/h2-3,8H,4-7,9H2,1H3,(H,18,19). The molecule has 120 valence electrons. The first-order chi connectivity index (χ1) is 10.5. The molecular formula is C15H17Cl2NO4. The van der Waals surface area contributed by atoms with Gasteiger partial charge >= 0.3 is 5.97 Å². The van der Waals surface area contributed by atoms with Gasteiger partial charge in [-0.15, -0.1) is 0 Å². The zero-order valence-electron chi connectivity index (χ0n) is 12.2. The van der Waals surface area contributed by atoms with E-state index in [9.17, 15) is 9.59 Å². The Morgan fingerprint density at radius 2 is 2.00 bits per heavy atom. The molecule has 1 fully saturated rings. The molecule has 0 aromatic heterocycles. The van der Waals surface area contributed by atoms with Crippen LogP contribution in [0.2, 0.25) is 10.0 Å². The summed E-state index contributed by atoms with van der Waals surface area (Å²) in [5, 5.41) is 3.48. The van der Waals surface area contributed by atoms with Gasteiger partial charge in [0.25, 0.3) is 5.91 Å². The van der Waals surface area contributed by atoms with Crippen molar-refractivity contribution in [2.75, 3.05) is 26.9 Å². The summed E-state index contributed by atoms with van der Waals surface area (Å²) in [6.45, 7) is 1.09. The van der Waals surface area contributed by atoms with Gasteiger partial charge in [0.2, 0.25) is 0 Å². The Morgan fingerprint density at radius 1 is 1.32 bits per heavy atom. The molecule has 0 radical (unpaired) electrons. The van der Waals surface area contributed by atoms with Gasteiger partial charge < -0.3 is 14.8 Å².